The van der Waals surface area contributed by atoms with E-state index in [4.69, 9.17) is 9.72 Å². The number of nitrogens with zero attached hydrogens (tertiary/aromatic N) is 2. The number of aryl methyl sites for hydroxylation is 1. The van der Waals surface area contributed by atoms with Crippen LogP contribution >= 0.6 is 0 Å². The highest BCUT2D eigenvalue weighted by atomic mass is 19.1. The molecule has 4 heterocycles. The number of esters is 1. The zero-order valence-electron chi connectivity index (χ0n) is 19.3. The minimum atomic E-state index is -1.14. The first-order valence-corrected chi connectivity index (χ1v) is 11.9. The highest BCUT2D eigenvalue weighted by Crippen LogP contribution is 2.38. The monoisotopic (exact) mass is 479 g/mol. The molecule has 1 saturated carbocycles. The van der Waals surface area contributed by atoms with Crippen molar-refractivity contribution in [1.82, 2.24) is 14.9 Å². The number of pyridine rings is 2. The maximum absolute atomic E-state index is 14.5. The van der Waals surface area contributed by atoms with Gasteiger partial charge in [0.15, 0.2) is 0 Å². The normalized spacial score (nSPS) is 22.7. The van der Waals surface area contributed by atoms with Crippen LogP contribution in [0.4, 0.5) is 4.39 Å². The first-order valence-electron chi connectivity index (χ1n) is 11.9. The molecule has 0 radical (unpaired) electrons. The molecular weight excluding hydrogens is 453 g/mol. The first kappa shape index (κ1) is 22.3. The summed E-state index contributed by atoms with van der Waals surface area (Å²) in [5, 5.41) is 24.5. The van der Waals surface area contributed by atoms with E-state index in [0.29, 0.717) is 47.0 Å². The largest absolute Gasteiger partial charge is 0.460 e. The lowest BCUT2D eigenvalue weighted by Crippen LogP contribution is -2.36. The number of hydrogen-bond acceptors (Lipinski definition) is 7. The fourth-order valence-corrected chi connectivity index (χ4v) is 5.49. The third-order valence-electron chi connectivity index (χ3n) is 7.52. The van der Waals surface area contributed by atoms with Gasteiger partial charge in [-0.2, -0.15) is 0 Å². The lowest BCUT2D eigenvalue weighted by Gasteiger charge is -2.31. The first-order chi connectivity index (χ1) is 16.8. The van der Waals surface area contributed by atoms with E-state index in [1.54, 1.807) is 23.6 Å². The number of ether oxygens (including phenoxy) is 1. The van der Waals surface area contributed by atoms with Gasteiger partial charge in [-0.1, -0.05) is 0 Å². The number of cyclic esters (lactones) is 1. The van der Waals surface area contributed by atoms with Crippen molar-refractivity contribution < 1.29 is 24.1 Å². The molecule has 1 fully saturated rings. The SMILES string of the molecule is Cc1cc2c(CNCC3CC(O)C3)c3c(nc2cc1F)-c1cc2c(c(=O)n1C3)COC(=O)CC2O. The van der Waals surface area contributed by atoms with Crippen LogP contribution in [-0.4, -0.2) is 38.4 Å². The van der Waals surface area contributed by atoms with Crippen LogP contribution in [0.1, 0.15) is 53.2 Å². The number of carbonyl (C=O) groups excluding carboxylic acids is 1. The Bertz CT molecular complexity index is 1440. The molecule has 8 nitrogen and oxygen atoms in total. The van der Waals surface area contributed by atoms with Gasteiger partial charge in [0.25, 0.3) is 5.56 Å². The number of halogens is 1. The summed E-state index contributed by atoms with van der Waals surface area (Å²) in [4.78, 5) is 30.0. The van der Waals surface area contributed by atoms with Crippen molar-refractivity contribution in [3.05, 3.63) is 62.2 Å². The van der Waals surface area contributed by atoms with Crippen LogP contribution in [0.2, 0.25) is 0 Å². The van der Waals surface area contributed by atoms with Gasteiger partial charge in [0.05, 0.1) is 47.6 Å². The fourth-order valence-electron chi connectivity index (χ4n) is 5.49. The van der Waals surface area contributed by atoms with Crippen LogP contribution in [0.25, 0.3) is 22.3 Å². The number of nitrogens with one attached hydrogen (secondary N) is 1. The van der Waals surface area contributed by atoms with Crippen LogP contribution < -0.4 is 10.9 Å². The van der Waals surface area contributed by atoms with Crippen molar-refractivity contribution in [2.75, 3.05) is 6.54 Å². The molecule has 1 atom stereocenters. The standard InChI is InChI=1S/C26H26FN3O5/c1-12-2-15-17(9-28-8-13-3-14(31)4-13)18-10-30-22(25(18)29-21(15)6-20(12)27)5-16-19(26(30)34)11-35-24(33)7-23(16)32/h2,5-6,13-14,23,28,31-32H,3-4,7-11H2,1H3. The van der Waals surface area contributed by atoms with Crippen molar-refractivity contribution in [3.8, 4) is 11.4 Å². The lowest BCUT2D eigenvalue weighted by atomic mass is 9.82. The Balaban J connectivity index is 1.47. The number of aliphatic hydroxyl groups excluding tert-OH is 2. The molecule has 2 aliphatic heterocycles. The topological polar surface area (TPSA) is 114 Å². The average Bonchev–Trinajstić information content (AvgIpc) is 3.08. The van der Waals surface area contributed by atoms with Gasteiger partial charge in [-0.15, -0.1) is 0 Å². The van der Waals surface area contributed by atoms with Crippen molar-refractivity contribution >= 4 is 16.9 Å². The quantitative estimate of drug-likeness (QED) is 0.385. The van der Waals surface area contributed by atoms with E-state index >= 15 is 0 Å². The highest BCUT2D eigenvalue weighted by molar-refractivity contribution is 5.88. The molecule has 6 rings (SSSR count). The number of carbonyl (C=O) groups is 1. The predicted molar refractivity (Wildman–Crippen MR) is 125 cm³/mol. The van der Waals surface area contributed by atoms with E-state index in [1.165, 1.54) is 6.07 Å². The molecule has 1 unspecified atom stereocenters. The summed E-state index contributed by atoms with van der Waals surface area (Å²) in [5.41, 5.74) is 4.31. The van der Waals surface area contributed by atoms with Crippen LogP contribution in [0.3, 0.4) is 0 Å². The summed E-state index contributed by atoms with van der Waals surface area (Å²) in [6, 6.07) is 4.93. The van der Waals surface area contributed by atoms with Crippen LogP contribution in [0, 0.1) is 18.7 Å². The Morgan fingerprint density at radius 1 is 1.20 bits per heavy atom. The van der Waals surface area contributed by atoms with Gasteiger partial charge >= 0.3 is 5.97 Å². The zero-order chi connectivity index (χ0) is 24.4. The summed E-state index contributed by atoms with van der Waals surface area (Å²) in [5.74, 6) is -0.485. The van der Waals surface area contributed by atoms with Crippen molar-refractivity contribution in [1.29, 1.82) is 0 Å². The summed E-state index contributed by atoms with van der Waals surface area (Å²) in [6.45, 7) is 3.10. The Morgan fingerprint density at radius 2 is 2.00 bits per heavy atom. The third kappa shape index (κ3) is 3.65. The molecule has 9 heteroatoms. The molecule has 182 valence electrons. The molecule has 2 aromatic heterocycles. The maximum atomic E-state index is 14.5. The van der Waals surface area contributed by atoms with Gasteiger partial charge in [0.1, 0.15) is 12.4 Å². The maximum Gasteiger partial charge on any atom is 0.309 e. The van der Waals surface area contributed by atoms with E-state index in [1.807, 2.05) is 0 Å². The van der Waals surface area contributed by atoms with Crippen LogP contribution in [-0.2, 0) is 29.2 Å². The number of hydrogen-bond donors (Lipinski definition) is 3. The smallest absolute Gasteiger partial charge is 0.309 e. The molecule has 35 heavy (non-hydrogen) atoms. The molecule has 0 bridgehead atoms. The van der Waals surface area contributed by atoms with E-state index in [-0.39, 0.29) is 36.1 Å². The second-order valence-corrected chi connectivity index (χ2v) is 9.89. The molecule has 1 aliphatic carbocycles. The molecular formula is C26H26FN3O5. The Morgan fingerprint density at radius 3 is 2.77 bits per heavy atom. The summed E-state index contributed by atoms with van der Waals surface area (Å²) < 4.78 is 21.2. The van der Waals surface area contributed by atoms with Gasteiger partial charge in [0.2, 0.25) is 0 Å². The Labute approximate surface area is 200 Å². The van der Waals surface area contributed by atoms with Crippen LogP contribution in [0.5, 0.6) is 0 Å². The summed E-state index contributed by atoms with van der Waals surface area (Å²) >= 11 is 0. The van der Waals surface area contributed by atoms with Gasteiger partial charge in [-0.3, -0.25) is 9.59 Å². The number of benzene rings is 1. The number of fused-ring (bicyclic) bond motifs is 5. The predicted octanol–water partition coefficient (Wildman–Crippen LogP) is 2.21. The molecule has 3 N–H and O–H groups in total. The average molecular weight is 480 g/mol. The fraction of sp³-hybridized carbons (Fsp3) is 0.423. The zero-order valence-corrected chi connectivity index (χ0v) is 19.3. The van der Waals surface area contributed by atoms with Gasteiger partial charge in [-0.25, -0.2) is 9.37 Å². The molecule has 0 spiro atoms. The van der Waals surface area contributed by atoms with E-state index in [9.17, 15) is 24.2 Å². The summed E-state index contributed by atoms with van der Waals surface area (Å²) in [7, 11) is 0. The number of rotatable bonds is 4. The third-order valence-corrected chi connectivity index (χ3v) is 7.52. The Hall–Kier alpha value is -3.14. The van der Waals surface area contributed by atoms with Gasteiger partial charge < -0.3 is 24.8 Å². The van der Waals surface area contributed by atoms with Crippen molar-refractivity contribution in [2.45, 2.75) is 58.1 Å². The molecule has 0 saturated heterocycles. The van der Waals surface area contributed by atoms with E-state index in [0.717, 1.165) is 35.9 Å². The second kappa shape index (κ2) is 8.22. The van der Waals surface area contributed by atoms with Gasteiger partial charge in [-0.05, 0) is 61.1 Å². The van der Waals surface area contributed by atoms with E-state index < -0.39 is 12.1 Å². The number of aliphatic hydroxyl groups is 2. The number of aromatic nitrogens is 2. The van der Waals surface area contributed by atoms with Gasteiger partial charge in [0, 0.05) is 23.6 Å². The second-order valence-electron chi connectivity index (χ2n) is 9.89. The van der Waals surface area contributed by atoms with E-state index in [2.05, 4.69) is 5.32 Å². The minimum absolute atomic E-state index is 0.178. The molecule has 3 aliphatic rings. The summed E-state index contributed by atoms with van der Waals surface area (Å²) in [6.07, 6.45) is -0.00654. The highest BCUT2D eigenvalue weighted by Gasteiger charge is 2.32. The van der Waals surface area contributed by atoms with Crippen LogP contribution in [0.15, 0.2) is 23.0 Å². The Kier molecular flexibility index (Phi) is 5.24. The van der Waals surface area contributed by atoms with Crippen molar-refractivity contribution in [3.63, 3.8) is 0 Å². The molecule has 1 aromatic carbocycles. The molecule has 0 amide bonds. The molecule has 3 aromatic rings. The van der Waals surface area contributed by atoms with Crippen molar-refractivity contribution in [2.24, 2.45) is 5.92 Å². The lowest BCUT2D eigenvalue weighted by molar-refractivity contribution is -0.146. The minimum Gasteiger partial charge on any atom is -0.460 e.